The van der Waals surface area contributed by atoms with Crippen molar-refractivity contribution in [1.82, 2.24) is 21.1 Å². The summed E-state index contributed by atoms with van der Waals surface area (Å²) in [5, 5.41) is 2.70. The number of hydrogen-bond acceptors (Lipinski definition) is 3. The van der Waals surface area contributed by atoms with E-state index in [-0.39, 0.29) is 18.0 Å². The van der Waals surface area contributed by atoms with Crippen molar-refractivity contribution in [2.45, 2.75) is 45.2 Å². The highest BCUT2D eigenvalue weighted by atomic mass is 16.2. The van der Waals surface area contributed by atoms with E-state index in [1.54, 1.807) is 0 Å². The Bertz CT molecular complexity index is 507. The molecule has 1 atom stereocenters. The first-order chi connectivity index (χ1) is 11.2. The molecule has 1 fully saturated rings. The highest BCUT2D eigenvalue weighted by Crippen LogP contribution is 2.19. The number of amides is 3. The third kappa shape index (κ3) is 5.56. The molecule has 1 heterocycles. The van der Waals surface area contributed by atoms with Gasteiger partial charge in [-0.3, -0.25) is 15.1 Å². The molecular weight excluding hydrogens is 292 g/mol. The standard InChI is InChI=1S/C17H26N4O2/c1-2-3-11-18-17(23)20-19-16(22)15-10-7-12-21(15)13-14-8-5-4-6-9-14/h4-6,8-9,15H,2-3,7,10-13H2,1H3,(H,19,22)(H2,18,20,23)/t15-/m0/s1. The van der Waals surface area contributed by atoms with E-state index in [1.807, 2.05) is 18.2 Å². The van der Waals surface area contributed by atoms with Gasteiger partial charge in [0, 0.05) is 13.1 Å². The summed E-state index contributed by atoms with van der Waals surface area (Å²) >= 11 is 0. The molecule has 1 aliphatic heterocycles. The Kier molecular flexibility index (Phi) is 6.87. The van der Waals surface area contributed by atoms with Crippen molar-refractivity contribution in [3.8, 4) is 0 Å². The van der Waals surface area contributed by atoms with Gasteiger partial charge in [-0.15, -0.1) is 0 Å². The minimum atomic E-state index is -0.362. The molecular formula is C17H26N4O2. The van der Waals surface area contributed by atoms with Gasteiger partial charge in [0.1, 0.15) is 0 Å². The molecule has 6 heteroatoms. The van der Waals surface area contributed by atoms with E-state index < -0.39 is 0 Å². The molecule has 6 nitrogen and oxygen atoms in total. The van der Waals surface area contributed by atoms with E-state index in [1.165, 1.54) is 5.56 Å². The third-order valence-corrected chi connectivity index (χ3v) is 4.01. The number of carbonyl (C=O) groups excluding carboxylic acids is 2. The van der Waals surface area contributed by atoms with Crippen LogP contribution in [-0.2, 0) is 11.3 Å². The monoisotopic (exact) mass is 318 g/mol. The van der Waals surface area contributed by atoms with Crippen LogP contribution in [0, 0.1) is 0 Å². The molecule has 3 amide bonds. The number of rotatable bonds is 6. The first-order valence-corrected chi connectivity index (χ1v) is 8.32. The van der Waals surface area contributed by atoms with E-state index in [0.29, 0.717) is 6.54 Å². The molecule has 1 aromatic rings. The molecule has 0 bridgehead atoms. The Labute approximate surface area is 137 Å². The van der Waals surface area contributed by atoms with Crippen molar-refractivity contribution in [2.24, 2.45) is 0 Å². The topological polar surface area (TPSA) is 73.5 Å². The van der Waals surface area contributed by atoms with Crippen LogP contribution in [0.1, 0.15) is 38.2 Å². The molecule has 1 saturated heterocycles. The summed E-state index contributed by atoms with van der Waals surface area (Å²) in [7, 11) is 0. The number of unbranched alkanes of at least 4 members (excludes halogenated alkanes) is 1. The number of urea groups is 1. The van der Waals surface area contributed by atoms with Crippen LogP contribution < -0.4 is 16.2 Å². The summed E-state index contributed by atoms with van der Waals surface area (Å²) in [6.45, 7) is 4.32. The Morgan fingerprint density at radius 3 is 2.74 bits per heavy atom. The van der Waals surface area contributed by atoms with E-state index in [9.17, 15) is 9.59 Å². The van der Waals surface area contributed by atoms with Gasteiger partial charge in [-0.05, 0) is 31.4 Å². The van der Waals surface area contributed by atoms with Crippen molar-refractivity contribution in [1.29, 1.82) is 0 Å². The number of nitrogens with zero attached hydrogens (tertiary/aromatic N) is 1. The maximum Gasteiger partial charge on any atom is 0.333 e. The fourth-order valence-electron chi connectivity index (χ4n) is 2.75. The van der Waals surface area contributed by atoms with Crippen LogP contribution in [-0.4, -0.2) is 36.0 Å². The van der Waals surface area contributed by atoms with E-state index in [2.05, 4.69) is 40.1 Å². The van der Waals surface area contributed by atoms with E-state index in [0.717, 1.165) is 38.8 Å². The predicted molar refractivity (Wildman–Crippen MR) is 89.5 cm³/mol. The van der Waals surface area contributed by atoms with Gasteiger partial charge in [-0.2, -0.15) is 0 Å². The molecule has 2 rings (SSSR count). The van der Waals surface area contributed by atoms with Crippen molar-refractivity contribution in [3.05, 3.63) is 35.9 Å². The smallest absolute Gasteiger partial charge is 0.333 e. The fourth-order valence-corrected chi connectivity index (χ4v) is 2.75. The molecule has 0 aromatic heterocycles. The average molecular weight is 318 g/mol. The van der Waals surface area contributed by atoms with Gasteiger partial charge in [0.15, 0.2) is 0 Å². The van der Waals surface area contributed by atoms with Gasteiger partial charge in [0.2, 0.25) is 0 Å². The van der Waals surface area contributed by atoms with Crippen LogP contribution in [0.5, 0.6) is 0 Å². The molecule has 0 spiro atoms. The lowest BCUT2D eigenvalue weighted by molar-refractivity contribution is -0.126. The van der Waals surface area contributed by atoms with Crippen molar-refractivity contribution >= 4 is 11.9 Å². The van der Waals surface area contributed by atoms with Crippen LogP contribution in [0.4, 0.5) is 4.79 Å². The number of carbonyl (C=O) groups is 2. The second-order valence-electron chi connectivity index (χ2n) is 5.84. The molecule has 3 N–H and O–H groups in total. The Morgan fingerprint density at radius 1 is 1.22 bits per heavy atom. The molecule has 126 valence electrons. The first-order valence-electron chi connectivity index (χ1n) is 8.32. The summed E-state index contributed by atoms with van der Waals surface area (Å²) in [6, 6.07) is 9.56. The molecule has 1 aromatic carbocycles. The van der Waals surface area contributed by atoms with Crippen LogP contribution in [0.2, 0.25) is 0 Å². The molecule has 0 saturated carbocycles. The lowest BCUT2D eigenvalue weighted by Crippen LogP contribution is -2.52. The first kappa shape index (κ1) is 17.3. The summed E-state index contributed by atoms with van der Waals surface area (Å²) < 4.78 is 0. The van der Waals surface area contributed by atoms with E-state index >= 15 is 0 Å². The molecule has 0 unspecified atom stereocenters. The number of benzene rings is 1. The molecule has 0 radical (unpaired) electrons. The van der Waals surface area contributed by atoms with Crippen LogP contribution in [0.25, 0.3) is 0 Å². The normalized spacial score (nSPS) is 17.7. The second kappa shape index (κ2) is 9.15. The predicted octanol–water partition coefficient (Wildman–Crippen LogP) is 1.78. The SMILES string of the molecule is CCCCNC(=O)NNC(=O)[C@@H]1CCCN1Cc1ccccc1. The van der Waals surface area contributed by atoms with Crippen LogP contribution in [0.3, 0.4) is 0 Å². The second-order valence-corrected chi connectivity index (χ2v) is 5.84. The third-order valence-electron chi connectivity index (χ3n) is 4.01. The quantitative estimate of drug-likeness (QED) is 0.553. The lowest BCUT2D eigenvalue weighted by Gasteiger charge is -2.23. The highest BCUT2D eigenvalue weighted by molar-refractivity contribution is 5.84. The number of nitrogens with one attached hydrogen (secondary N) is 3. The van der Waals surface area contributed by atoms with Gasteiger partial charge < -0.3 is 5.32 Å². The minimum absolute atomic E-state index is 0.149. The Morgan fingerprint density at radius 2 is 2.00 bits per heavy atom. The van der Waals surface area contributed by atoms with Crippen LogP contribution in [0.15, 0.2) is 30.3 Å². The van der Waals surface area contributed by atoms with Crippen molar-refractivity contribution in [2.75, 3.05) is 13.1 Å². The lowest BCUT2D eigenvalue weighted by atomic mass is 10.2. The number of likely N-dealkylation sites (tertiary alicyclic amines) is 1. The van der Waals surface area contributed by atoms with Gasteiger partial charge in [-0.25, -0.2) is 10.2 Å². The number of hydrazine groups is 1. The van der Waals surface area contributed by atoms with Crippen molar-refractivity contribution in [3.63, 3.8) is 0 Å². The summed E-state index contributed by atoms with van der Waals surface area (Å²) in [4.78, 5) is 26.0. The Hall–Kier alpha value is -2.08. The molecule has 0 aliphatic carbocycles. The fraction of sp³-hybridized carbons (Fsp3) is 0.529. The minimum Gasteiger partial charge on any atom is -0.337 e. The summed E-state index contributed by atoms with van der Waals surface area (Å²) in [6.07, 6.45) is 3.75. The maximum atomic E-state index is 12.3. The van der Waals surface area contributed by atoms with Gasteiger partial charge >= 0.3 is 6.03 Å². The summed E-state index contributed by atoms with van der Waals surface area (Å²) in [5.41, 5.74) is 6.14. The van der Waals surface area contributed by atoms with E-state index in [4.69, 9.17) is 0 Å². The zero-order valence-corrected chi connectivity index (χ0v) is 13.7. The molecule has 1 aliphatic rings. The highest BCUT2D eigenvalue weighted by Gasteiger charge is 2.30. The zero-order chi connectivity index (χ0) is 16.5. The van der Waals surface area contributed by atoms with Gasteiger partial charge in [0.05, 0.1) is 6.04 Å². The number of hydrogen-bond donors (Lipinski definition) is 3. The average Bonchev–Trinajstić information content (AvgIpc) is 3.02. The van der Waals surface area contributed by atoms with Gasteiger partial charge in [-0.1, -0.05) is 43.7 Å². The zero-order valence-electron chi connectivity index (χ0n) is 13.7. The molecule has 23 heavy (non-hydrogen) atoms. The van der Waals surface area contributed by atoms with Crippen molar-refractivity contribution < 1.29 is 9.59 Å². The summed E-state index contributed by atoms with van der Waals surface area (Å²) in [5.74, 6) is -0.149. The largest absolute Gasteiger partial charge is 0.337 e. The van der Waals surface area contributed by atoms with Gasteiger partial charge in [0.25, 0.3) is 5.91 Å². The maximum absolute atomic E-state index is 12.3. The Balaban J connectivity index is 1.77. The van der Waals surface area contributed by atoms with Crippen LogP contribution >= 0.6 is 0 Å².